The van der Waals surface area contributed by atoms with Crippen molar-refractivity contribution in [2.24, 2.45) is 0 Å². The Morgan fingerprint density at radius 2 is 1.29 bits per heavy atom. The number of benzene rings is 3. The summed E-state index contributed by atoms with van der Waals surface area (Å²) in [7, 11) is -0.502. The first-order valence-corrected chi connectivity index (χ1v) is 15.9. The Morgan fingerprint density at radius 3 is 1.63 bits per heavy atom. The third-order valence-electron chi connectivity index (χ3n) is 5.31. The number of phosphoric acid groups is 1. The summed E-state index contributed by atoms with van der Waals surface area (Å²) < 4.78 is 36.5. The van der Waals surface area contributed by atoms with E-state index in [0.29, 0.717) is 15.6 Å². The Labute approximate surface area is 270 Å². The molecule has 3 aromatic carbocycles. The zero-order valence-corrected chi connectivity index (χ0v) is 28.0. The van der Waals surface area contributed by atoms with Gasteiger partial charge in [0.2, 0.25) is 3.79 Å². The number of alkyl halides is 3. The molecule has 0 unspecified atom stereocenters. The van der Waals surface area contributed by atoms with Crippen LogP contribution in [0.15, 0.2) is 72.3 Å². The highest BCUT2D eigenvalue weighted by molar-refractivity contribution is 7.48. The van der Waals surface area contributed by atoms with E-state index in [4.69, 9.17) is 92.7 Å². The SMILES string of the molecule is CCOP(=O)(OCC)O/C(=C/Cl)c1ccc(Cl)cc1Cl.COc1ccc(C(c2ccc(OC)cc2)C(Cl)(Cl)Cl)cc1. The van der Waals surface area contributed by atoms with Crippen LogP contribution in [0.1, 0.15) is 36.5 Å². The average molecular weight is 705 g/mol. The van der Waals surface area contributed by atoms with E-state index in [2.05, 4.69) is 0 Å². The number of hydrogen-bond donors (Lipinski definition) is 0. The summed E-state index contributed by atoms with van der Waals surface area (Å²) in [6.07, 6.45) is 0. The van der Waals surface area contributed by atoms with Crippen LogP contribution in [0.4, 0.5) is 0 Å². The lowest BCUT2D eigenvalue weighted by Gasteiger charge is -2.25. The van der Waals surface area contributed by atoms with Gasteiger partial charge in [-0.15, -0.1) is 0 Å². The summed E-state index contributed by atoms with van der Waals surface area (Å²) in [6, 6.07) is 19.7. The third kappa shape index (κ3) is 11.0. The molecule has 0 bridgehead atoms. The molecular formula is C28H29Cl6O6P. The third-order valence-corrected chi connectivity index (χ3v) is 8.28. The van der Waals surface area contributed by atoms with Crippen molar-refractivity contribution < 1.29 is 27.6 Å². The smallest absolute Gasteiger partial charge is 0.497 e. The lowest BCUT2D eigenvalue weighted by atomic mass is 9.92. The normalized spacial score (nSPS) is 12.0. The second kappa shape index (κ2) is 17.1. The Balaban J connectivity index is 0.000000287. The molecule has 0 saturated carbocycles. The molecule has 0 aliphatic heterocycles. The maximum Gasteiger partial charge on any atom is 0.530 e. The van der Waals surface area contributed by atoms with Crippen LogP contribution >= 0.6 is 77.4 Å². The first kappa shape index (κ1) is 35.9. The first-order valence-electron chi connectivity index (χ1n) is 12.1. The van der Waals surface area contributed by atoms with E-state index in [1.165, 1.54) is 6.07 Å². The molecule has 3 aromatic rings. The summed E-state index contributed by atoms with van der Waals surface area (Å²) in [5, 5.41) is 0.773. The van der Waals surface area contributed by atoms with Crippen molar-refractivity contribution in [1.29, 1.82) is 0 Å². The van der Waals surface area contributed by atoms with Gasteiger partial charge in [-0.2, -0.15) is 0 Å². The van der Waals surface area contributed by atoms with Crippen LogP contribution in [0.2, 0.25) is 10.0 Å². The van der Waals surface area contributed by atoms with Crippen LogP contribution in [0.25, 0.3) is 5.76 Å². The number of hydrogen-bond acceptors (Lipinski definition) is 6. The molecule has 6 nitrogen and oxygen atoms in total. The molecule has 0 aliphatic rings. The lowest BCUT2D eigenvalue weighted by molar-refractivity contribution is 0.159. The maximum atomic E-state index is 12.3. The van der Waals surface area contributed by atoms with Gasteiger partial charge in [0.15, 0.2) is 5.76 Å². The van der Waals surface area contributed by atoms with E-state index in [-0.39, 0.29) is 24.9 Å². The van der Waals surface area contributed by atoms with Gasteiger partial charge in [0.1, 0.15) is 11.5 Å². The molecule has 0 N–H and O–H groups in total. The molecule has 41 heavy (non-hydrogen) atoms. The minimum atomic E-state index is -3.73. The molecule has 0 atom stereocenters. The Morgan fingerprint density at radius 1 is 0.829 bits per heavy atom. The fraction of sp³-hybridized carbons (Fsp3) is 0.286. The standard InChI is InChI=1S/C16H15Cl3O2.C12H14Cl3O4P/c1-20-13-7-3-11(4-8-13)15(16(17,18)19)12-5-9-14(21-2)10-6-12;1-3-17-20(16,18-4-2)19-12(8-13)10-6-5-9(14)7-11(10)15/h3-10,15H,1-2H3;5-8H,3-4H2,1-2H3/b;12-8+. The van der Waals surface area contributed by atoms with Crippen molar-refractivity contribution in [3.05, 3.63) is 99.0 Å². The van der Waals surface area contributed by atoms with Gasteiger partial charge in [-0.3, -0.25) is 9.05 Å². The zero-order valence-electron chi connectivity index (χ0n) is 22.6. The number of rotatable bonds is 11. The van der Waals surface area contributed by atoms with Gasteiger partial charge in [-0.25, -0.2) is 4.57 Å². The summed E-state index contributed by atoms with van der Waals surface area (Å²) >= 11 is 36.1. The number of ether oxygens (including phenoxy) is 2. The van der Waals surface area contributed by atoms with Crippen molar-refractivity contribution in [3.8, 4) is 11.5 Å². The van der Waals surface area contributed by atoms with Gasteiger partial charge in [0, 0.05) is 16.1 Å². The second-order valence-electron chi connectivity index (χ2n) is 7.99. The fourth-order valence-corrected chi connectivity index (χ4v) is 6.19. The van der Waals surface area contributed by atoms with Gasteiger partial charge in [0.25, 0.3) is 0 Å². The van der Waals surface area contributed by atoms with Crippen molar-refractivity contribution in [1.82, 2.24) is 0 Å². The molecule has 0 aromatic heterocycles. The van der Waals surface area contributed by atoms with E-state index in [1.54, 1.807) is 40.2 Å². The van der Waals surface area contributed by atoms with Gasteiger partial charge >= 0.3 is 7.82 Å². The highest BCUT2D eigenvalue weighted by Gasteiger charge is 2.35. The molecule has 0 heterocycles. The zero-order chi connectivity index (χ0) is 30.6. The second-order valence-corrected chi connectivity index (χ2v) is 13.0. The molecular weight excluding hydrogens is 676 g/mol. The fourth-order valence-electron chi connectivity index (χ4n) is 3.51. The van der Waals surface area contributed by atoms with Crippen LogP contribution in [0.3, 0.4) is 0 Å². The Kier molecular flexibility index (Phi) is 15.0. The van der Waals surface area contributed by atoms with Gasteiger partial charge in [-0.05, 0) is 67.4 Å². The molecule has 0 radical (unpaired) electrons. The van der Waals surface area contributed by atoms with E-state index in [0.717, 1.165) is 28.2 Å². The molecule has 224 valence electrons. The number of halogens is 6. The lowest BCUT2D eigenvalue weighted by Crippen LogP contribution is -2.18. The van der Waals surface area contributed by atoms with E-state index in [9.17, 15) is 4.57 Å². The molecule has 0 aliphatic carbocycles. The van der Waals surface area contributed by atoms with Crippen molar-refractivity contribution >= 4 is 83.2 Å². The van der Waals surface area contributed by atoms with E-state index >= 15 is 0 Å². The molecule has 0 spiro atoms. The van der Waals surface area contributed by atoms with Gasteiger partial charge < -0.3 is 14.0 Å². The van der Waals surface area contributed by atoms with Crippen LogP contribution in [0, 0.1) is 0 Å². The first-order chi connectivity index (χ1) is 19.4. The number of methoxy groups -OCH3 is 2. The summed E-state index contributed by atoms with van der Waals surface area (Å²) in [4.78, 5) is 0. The minimum Gasteiger partial charge on any atom is -0.497 e. The maximum absolute atomic E-state index is 12.3. The Bertz CT molecular complexity index is 1260. The highest BCUT2D eigenvalue weighted by Crippen LogP contribution is 2.53. The minimum absolute atomic E-state index is 0.0820. The van der Waals surface area contributed by atoms with Crippen molar-refractivity contribution in [2.75, 3.05) is 27.4 Å². The summed E-state index contributed by atoms with van der Waals surface area (Å²) in [5.41, 5.74) is 3.35. The van der Waals surface area contributed by atoms with Crippen LogP contribution < -0.4 is 9.47 Å². The number of phosphoric ester groups is 1. The molecule has 0 amide bonds. The summed E-state index contributed by atoms with van der Waals surface area (Å²) in [5.74, 6) is 1.23. The predicted molar refractivity (Wildman–Crippen MR) is 170 cm³/mol. The molecule has 0 fully saturated rings. The van der Waals surface area contributed by atoms with E-state index < -0.39 is 11.6 Å². The predicted octanol–water partition coefficient (Wildman–Crippen LogP) is 10.9. The van der Waals surface area contributed by atoms with Gasteiger partial charge in [-0.1, -0.05) is 93.9 Å². The monoisotopic (exact) mass is 702 g/mol. The average Bonchev–Trinajstić information content (AvgIpc) is 2.93. The van der Waals surface area contributed by atoms with Crippen molar-refractivity contribution in [2.45, 2.75) is 23.6 Å². The topological polar surface area (TPSA) is 63.2 Å². The highest BCUT2D eigenvalue weighted by atomic mass is 35.6. The summed E-state index contributed by atoms with van der Waals surface area (Å²) in [6.45, 7) is 3.69. The van der Waals surface area contributed by atoms with Crippen LogP contribution in [-0.4, -0.2) is 31.2 Å². The largest absolute Gasteiger partial charge is 0.530 e. The van der Waals surface area contributed by atoms with Gasteiger partial charge in [0.05, 0.1) is 38.4 Å². The molecule has 13 heteroatoms. The van der Waals surface area contributed by atoms with Crippen LogP contribution in [0.5, 0.6) is 11.5 Å². The molecule has 3 rings (SSSR count). The quantitative estimate of drug-likeness (QED) is 0.112. The van der Waals surface area contributed by atoms with E-state index in [1.807, 2.05) is 48.5 Å². The Hall–Kier alpha value is -1.31. The molecule has 0 saturated heterocycles. The van der Waals surface area contributed by atoms with Crippen LogP contribution in [-0.2, 0) is 18.1 Å². The van der Waals surface area contributed by atoms with Crippen molar-refractivity contribution in [3.63, 3.8) is 0 Å².